The van der Waals surface area contributed by atoms with Crippen molar-refractivity contribution in [2.45, 2.75) is 57.9 Å². The summed E-state index contributed by atoms with van der Waals surface area (Å²) < 4.78 is 2.22. The van der Waals surface area contributed by atoms with Crippen LogP contribution < -0.4 is 5.73 Å². The molecule has 0 aliphatic heterocycles. The van der Waals surface area contributed by atoms with Crippen LogP contribution >= 0.6 is 0 Å². The molecule has 0 aromatic carbocycles. The molecular formula is C17H27N3. The van der Waals surface area contributed by atoms with Gasteiger partial charge in [0.15, 0.2) is 0 Å². The highest BCUT2D eigenvalue weighted by Gasteiger charge is 2.50. The first kappa shape index (κ1) is 12.9. The quantitative estimate of drug-likeness (QED) is 0.915. The number of nitrogens with two attached hydrogens (primary N) is 1. The van der Waals surface area contributed by atoms with Crippen LogP contribution in [0, 0.1) is 23.2 Å². The number of rotatable bonds is 4. The van der Waals surface area contributed by atoms with Crippen LogP contribution in [0.1, 0.15) is 56.9 Å². The Balaban J connectivity index is 1.52. The lowest BCUT2D eigenvalue weighted by Gasteiger charge is -2.56. The van der Waals surface area contributed by atoms with E-state index in [1.165, 1.54) is 44.1 Å². The molecular weight excluding hydrogens is 246 g/mol. The van der Waals surface area contributed by atoms with Crippen molar-refractivity contribution in [3.63, 3.8) is 0 Å². The first-order chi connectivity index (χ1) is 9.66. The molecule has 1 aromatic rings. The molecule has 3 nitrogen and oxygen atoms in total. The molecule has 1 aromatic heterocycles. The Kier molecular flexibility index (Phi) is 2.95. The highest BCUT2D eigenvalue weighted by Crippen LogP contribution is 2.60. The molecule has 0 spiro atoms. The fourth-order valence-corrected chi connectivity index (χ4v) is 5.68. The smallest absolute Gasteiger partial charge is 0.0524 e. The molecule has 0 amide bonds. The van der Waals surface area contributed by atoms with Gasteiger partial charge in [-0.3, -0.25) is 4.68 Å². The van der Waals surface area contributed by atoms with Crippen molar-refractivity contribution in [3.8, 4) is 0 Å². The molecule has 3 heteroatoms. The molecule has 4 fully saturated rings. The average molecular weight is 273 g/mol. The minimum absolute atomic E-state index is 0.431. The van der Waals surface area contributed by atoms with E-state index in [-0.39, 0.29) is 0 Å². The second-order valence-electron chi connectivity index (χ2n) is 8.03. The van der Waals surface area contributed by atoms with Crippen LogP contribution in [0.25, 0.3) is 0 Å². The van der Waals surface area contributed by atoms with Crippen LogP contribution in [-0.2, 0) is 6.54 Å². The molecule has 20 heavy (non-hydrogen) atoms. The summed E-state index contributed by atoms with van der Waals surface area (Å²) in [5.74, 6) is 3.51. The Morgan fingerprint density at radius 3 is 2.40 bits per heavy atom. The van der Waals surface area contributed by atoms with Gasteiger partial charge in [0, 0.05) is 12.7 Å². The zero-order chi connectivity index (χ0) is 13.7. The van der Waals surface area contributed by atoms with Crippen LogP contribution in [-0.4, -0.2) is 16.3 Å². The Hall–Kier alpha value is -0.830. The van der Waals surface area contributed by atoms with Gasteiger partial charge in [-0.2, -0.15) is 5.10 Å². The second-order valence-corrected chi connectivity index (χ2v) is 8.03. The van der Waals surface area contributed by atoms with E-state index in [0.29, 0.717) is 17.9 Å². The van der Waals surface area contributed by atoms with Crippen molar-refractivity contribution in [2.75, 3.05) is 6.54 Å². The van der Waals surface area contributed by atoms with E-state index in [9.17, 15) is 0 Å². The number of nitrogens with zero attached hydrogens (tertiary/aromatic N) is 2. The molecule has 1 atom stereocenters. The summed E-state index contributed by atoms with van der Waals surface area (Å²) in [6.45, 7) is 4.04. The van der Waals surface area contributed by atoms with E-state index in [1.807, 2.05) is 6.20 Å². The van der Waals surface area contributed by atoms with Crippen LogP contribution in [0.3, 0.4) is 0 Å². The molecule has 2 N–H and O–H groups in total. The zero-order valence-electron chi connectivity index (χ0n) is 12.6. The fourth-order valence-electron chi connectivity index (χ4n) is 5.68. The fraction of sp³-hybridized carbons (Fsp3) is 0.824. The minimum Gasteiger partial charge on any atom is -0.330 e. The van der Waals surface area contributed by atoms with Gasteiger partial charge in [0.05, 0.1) is 6.20 Å². The predicted octanol–water partition coefficient (Wildman–Crippen LogP) is 3.16. The highest BCUT2D eigenvalue weighted by molar-refractivity contribution is 5.11. The van der Waals surface area contributed by atoms with Gasteiger partial charge in [0.2, 0.25) is 0 Å². The lowest BCUT2D eigenvalue weighted by molar-refractivity contribution is -0.0635. The Morgan fingerprint density at radius 1 is 1.25 bits per heavy atom. The third-order valence-electron chi connectivity index (χ3n) is 6.24. The zero-order valence-corrected chi connectivity index (χ0v) is 12.6. The van der Waals surface area contributed by atoms with Crippen LogP contribution in [0.5, 0.6) is 0 Å². The topological polar surface area (TPSA) is 43.8 Å². The van der Waals surface area contributed by atoms with Crippen molar-refractivity contribution in [3.05, 3.63) is 18.0 Å². The first-order valence-corrected chi connectivity index (χ1v) is 8.38. The molecule has 5 rings (SSSR count). The lowest BCUT2D eigenvalue weighted by atomic mass is 9.49. The third-order valence-corrected chi connectivity index (χ3v) is 6.24. The maximum absolute atomic E-state index is 5.76. The Morgan fingerprint density at radius 2 is 1.85 bits per heavy atom. The van der Waals surface area contributed by atoms with Gasteiger partial charge in [0.25, 0.3) is 0 Å². The van der Waals surface area contributed by atoms with Gasteiger partial charge in [0.1, 0.15) is 0 Å². The summed E-state index contributed by atoms with van der Waals surface area (Å²) in [4.78, 5) is 0. The monoisotopic (exact) mass is 273 g/mol. The van der Waals surface area contributed by atoms with E-state index >= 15 is 0 Å². The normalized spacial score (nSPS) is 40.2. The summed E-state index contributed by atoms with van der Waals surface area (Å²) >= 11 is 0. The average Bonchev–Trinajstić information content (AvgIpc) is 2.83. The molecule has 110 valence electrons. The van der Waals surface area contributed by atoms with E-state index in [1.54, 1.807) is 0 Å². The van der Waals surface area contributed by atoms with Crippen molar-refractivity contribution in [2.24, 2.45) is 28.9 Å². The molecule has 0 saturated heterocycles. The van der Waals surface area contributed by atoms with Crippen LogP contribution in [0.4, 0.5) is 0 Å². The number of aromatic nitrogens is 2. The van der Waals surface area contributed by atoms with E-state index in [4.69, 9.17) is 5.73 Å². The Bertz CT molecular complexity index is 455. The lowest BCUT2D eigenvalue weighted by Crippen LogP contribution is -2.47. The summed E-state index contributed by atoms with van der Waals surface area (Å²) in [6, 6.07) is 0. The maximum Gasteiger partial charge on any atom is 0.0524 e. The molecule has 4 aliphatic carbocycles. The highest BCUT2D eigenvalue weighted by atomic mass is 15.3. The summed E-state index contributed by atoms with van der Waals surface area (Å²) in [6.07, 6.45) is 13.2. The van der Waals surface area contributed by atoms with Gasteiger partial charge in [-0.25, -0.2) is 0 Å². The second kappa shape index (κ2) is 4.59. The molecule has 1 heterocycles. The predicted molar refractivity (Wildman–Crippen MR) is 80.3 cm³/mol. The number of hydrogen-bond acceptors (Lipinski definition) is 2. The SMILES string of the molecule is CC(CN)c1cnn(CC23CC4CC(CC(C4)C2)C3)c1. The van der Waals surface area contributed by atoms with Gasteiger partial charge in [-0.05, 0) is 79.7 Å². The largest absolute Gasteiger partial charge is 0.330 e. The van der Waals surface area contributed by atoms with Crippen LogP contribution in [0.15, 0.2) is 12.4 Å². The first-order valence-electron chi connectivity index (χ1n) is 8.38. The van der Waals surface area contributed by atoms with E-state index in [2.05, 4.69) is 22.9 Å². The molecule has 1 unspecified atom stereocenters. The van der Waals surface area contributed by atoms with Gasteiger partial charge >= 0.3 is 0 Å². The van der Waals surface area contributed by atoms with Crippen LogP contribution in [0.2, 0.25) is 0 Å². The molecule has 4 aliphatic rings. The maximum atomic E-state index is 5.76. The van der Waals surface area contributed by atoms with E-state index in [0.717, 1.165) is 24.3 Å². The molecule has 4 saturated carbocycles. The summed E-state index contributed by atoms with van der Waals surface area (Å²) in [7, 11) is 0. The van der Waals surface area contributed by atoms with Crippen molar-refractivity contribution in [1.29, 1.82) is 0 Å². The third kappa shape index (κ3) is 2.11. The van der Waals surface area contributed by atoms with Gasteiger partial charge in [-0.15, -0.1) is 0 Å². The summed E-state index contributed by atoms with van der Waals surface area (Å²) in [5.41, 5.74) is 7.64. The van der Waals surface area contributed by atoms with Crippen molar-refractivity contribution < 1.29 is 0 Å². The van der Waals surface area contributed by atoms with Crippen molar-refractivity contribution >= 4 is 0 Å². The molecule has 4 bridgehead atoms. The van der Waals surface area contributed by atoms with Gasteiger partial charge < -0.3 is 5.73 Å². The Labute approximate surface area is 121 Å². The number of hydrogen-bond donors (Lipinski definition) is 1. The minimum atomic E-state index is 0.431. The van der Waals surface area contributed by atoms with Crippen molar-refractivity contribution in [1.82, 2.24) is 9.78 Å². The van der Waals surface area contributed by atoms with E-state index < -0.39 is 0 Å². The standard InChI is InChI=1S/C17H27N3/c1-12(8-18)16-9-19-20(10-16)11-17-5-13-2-14(6-17)4-15(3-13)7-17/h9-10,12-15H,2-8,11,18H2,1H3. The molecule has 0 radical (unpaired) electrons. The summed E-state index contributed by atoms with van der Waals surface area (Å²) in [5, 5.41) is 4.62. The van der Waals surface area contributed by atoms with Gasteiger partial charge in [-0.1, -0.05) is 6.92 Å².